The number of nitrogens with one attached hydrogen (secondary N) is 2. The maximum absolute atomic E-state index is 13.9. The number of hydrogen-bond donors (Lipinski definition) is 2. The van der Waals surface area contributed by atoms with Gasteiger partial charge in [-0.05, 0) is 61.6 Å². The monoisotopic (exact) mass is 498 g/mol. The Labute approximate surface area is 218 Å². The van der Waals surface area contributed by atoms with Crippen LogP contribution in [0.1, 0.15) is 56.2 Å². The lowest BCUT2D eigenvalue weighted by molar-refractivity contribution is -0.116. The summed E-state index contributed by atoms with van der Waals surface area (Å²) in [6, 6.07) is 21.7. The van der Waals surface area contributed by atoms with E-state index in [-0.39, 0.29) is 17.7 Å². The number of allylic oxidation sites excluding steroid dienone is 1. The summed E-state index contributed by atoms with van der Waals surface area (Å²) in [7, 11) is 1.65. The summed E-state index contributed by atoms with van der Waals surface area (Å²) in [5.74, 6) is 2.40. The molecule has 0 amide bonds. The molecule has 0 aromatic heterocycles. The fraction of sp³-hybridized carbons (Fsp3) is 0.323. The highest BCUT2D eigenvalue weighted by Gasteiger charge is 2.37. The molecule has 1 aliphatic carbocycles. The van der Waals surface area contributed by atoms with Crippen molar-refractivity contribution in [1.82, 2.24) is 0 Å². The standard InChI is InChI=1S/C31H34N2O4/c1-4-17-37-31-23(9-8-12-28(31)35-3)30-29-26(32-24-10-6-7-11-25(24)33-30)18-21(19-27(29)34)20-13-15-22(16-14-20)36-5-2/h6-16,21,30,32-33H,4-5,17-19H2,1-3H3. The summed E-state index contributed by atoms with van der Waals surface area (Å²) in [4.78, 5) is 13.9. The van der Waals surface area contributed by atoms with Gasteiger partial charge in [0.2, 0.25) is 0 Å². The molecule has 0 saturated heterocycles. The predicted molar refractivity (Wildman–Crippen MR) is 147 cm³/mol. The van der Waals surface area contributed by atoms with Crippen molar-refractivity contribution in [3.63, 3.8) is 0 Å². The first kappa shape index (κ1) is 24.8. The van der Waals surface area contributed by atoms with Crippen molar-refractivity contribution >= 4 is 17.2 Å². The van der Waals surface area contributed by atoms with Crippen LogP contribution < -0.4 is 24.8 Å². The molecular weight excluding hydrogens is 464 g/mol. The quantitative estimate of drug-likeness (QED) is 0.354. The van der Waals surface area contributed by atoms with Crippen molar-refractivity contribution in [3.8, 4) is 17.2 Å². The summed E-state index contributed by atoms with van der Waals surface area (Å²) in [6.45, 7) is 5.24. The average Bonchev–Trinajstić information content (AvgIpc) is 3.09. The molecule has 192 valence electrons. The van der Waals surface area contributed by atoms with E-state index < -0.39 is 0 Å². The fourth-order valence-corrected chi connectivity index (χ4v) is 5.24. The Balaban J connectivity index is 1.59. The second kappa shape index (κ2) is 11.0. The van der Waals surface area contributed by atoms with E-state index in [1.54, 1.807) is 7.11 Å². The Morgan fingerprint density at radius 2 is 1.68 bits per heavy atom. The number of fused-ring (bicyclic) bond motifs is 1. The third-order valence-corrected chi connectivity index (χ3v) is 6.96. The minimum Gasteiger partial charge on any atom is -0.494 e. The lowest BCUT2D eigenvalue weighted by atomic mass is 9.78. The normalized spacial score (nSPS) is 18.6. The molecule has 0 saturated carbocycles. The van der Waals surface area contributed by atoms with E-state index in [0.717, 1.165) is 52.4 Å². The van der Waals surface area contributed by atoms with Gasteiger partial charge in [-0.1, -0.05) is 43.3 Å². The van der Waals surface area contributed by atoms with Gasteiger partial charge < -0.3 is 24.8 Å². The zero-order chi connectivity index (χ0) is 25.8. The van der Waals surface area contributed by atoms with Gasteiger partial charge in [0.25, 0.3) is 0 Å². The van der Waals surface area contributed by atoms with Gasteiger partial charge in [-0.25, -0.2) is 0 Å². The molecule has 5 rings (SSSR count). The van der Waals surface area contributed by atoms with Crippen molar-refractivity contribution in [2.75, 3.05) is 31.0 Å². The SMILES string of the molecule is CCCOc1c(OC)cccc1C1Nc2ccccc2NC2=C1C(=O)CC(c1ccc(OCC)cc1)C2. The van der Waals surface area contributed by atoms with Crippen LogP contribution in [0, 0.1) is 0 Å². The molecule has 2 atom stereocenters. The van der Waals surface area contributed by atoms with Crippen LogP contribution in [0.5, 0.6) is 17.2 Å². The first-order valence-corrected chi connectivity index (χ1v) is 13.0. The van der Waals surface area contributed by atoms with E-state index in [1.165, 1.54) is 0 Å². The summed E-state index contributed by atoms with van der Waals surface area (Å²) in [6.07, 6.45) is 2.05. The lowest BCUT2D eigenvalue weighted by Gasteiger charge is -2.31. The smallest absolute Gasteiger partial charge is 0.166 e. The van der Waals surface area contributed by atoms with Crippen LogP contribution in [0.25, 0.3) is 0 Å². The molecule has 6 heteroatoms. The van der Waals surface area contributed by atoms with Crippen molar-refractivity contribution < 1.29 is 19.0 Å². The molecule has 0 spiro atoms. The van der Waals surface area contributed by atoms with Gasteiger partial charge in [0.15, 0.2) is 17.3 Å². The van der Waals surface area contributed by atoms with Gasteiger partial charge in [-0.15, -0.1) is 0 Å². The molecule has 6 nitrogen and oxygen atoms in total. The maximum atomic E-state index is 13.9. The van der Waals surface area contributed by atoms with Crippen LogP contribution in [-0.4, -0.2) is 26.1 Å². The average molecular weight is 499 g/mol. The fourth-order valence-electron chi connectivity index (χ4n) is 5.24. The molecule has 2 aliphatic rings. The molecule has 3 aromatic rings. The lowest BCUT2D eigenvalue weighted by Crippen LogP contribution is -2.27. The van der Waals surface area contributed by atoms with E-state index in [9.17, 15) is 4.79 Å². The topological polar surface area (TPSA) is 68.8 Å². The molecular formula is C31H34N2O4. The van der Waals surface area contributed by atoms with Crippen molar-refractivity contribution in [2.45, 2.75) is 45.1 Å². The van der Waals surface area contributed by atoms with Crippen LogP contribution >= 0.6 is 0 Å². The molecule has 2 unspecified atom stereocenters. The summed E-state index contributed by atoms with van der Waals surface area (Å²) in [5.41, 5.74) is 5.63. The molecule has 1 aliphatic heterocycles. The van der Waals surface area contributed by atoms with Crippen molar-refractivity contribution in [3.05, 3.63) is 89.1 Å². The highest BCUT2D eigenvalue weighted by atomic mass is 16.5. The number of methoxy groups -OCH3 is 1. The number of Topliss-reactive ketones (excluding diaryl/α,β-unsaturated/α-hetero) is 1. The Morgan fingerprint density at radius 3 is 2.41 bits per heavy atom. The molecule has 0 radical (unpaired) electrons. The largest absolute Gasteiger partial charge is 0.494 e. The zero-order valence-corrected chi connectivity index (χ0v) is 21.7. The number of rotatable bonds is 8. The van der Waals surface area contributed by atoms with E-state index in [4.69, 9.17) is 14.2 Å². The minimum absolute atomic E-state index is 0.0847. The van der Waals surface area contributed by atoms with Gasteiger partial charge in [-0.3, -0.25) is 4.79 Å². The number of ether oxygens (including phenoxy) is 3. The number of carbonyl (C=O) groups excluding carboxylic acids is 1. The first-order chi connectivity index (χ1) is 18.1. The van der Waals surface area contributed by atoms with Crippen molar-refractivity contribution in [2.24, 2.45) is 0 Å². The van der Waals surface area contributed by atoms with E-state index in [1.807, 2.05) is 61.5 Å². The van der Waals surface area contributed by atoms with Crippen LogP contribution in [-0.2, 0) is 4.79 Å². The first-order valence-electron chi connectivity index (χ1n) is 13.0. The molecule has 37 heavy (non-hydrogen) atoms. The molecule has 0 bridgehead atoms. The van der Waals surface area contributed by atoms with Gasteiger partial charge in [0.1, 0.15) is 5.75 Å². The Morgan fingerprint density at radius 1 is 0.892 bits per heavy atom. The number of hydrogen-bond acceptors (Lipinski definition) is 6. The van der Waals surface area contributed by atoms with Crippen molar-refractivity contribution in [1.29, 1.82) is 0 Å². The van der Waals surface area contributed by atoms with Crippen LogP contribution in [0.3, 0.4) is 0 Å². The van der Waals surface area contributed by atoms with Crippen LogP contribution in [0.15, 0.2) is 78.0 Å². The molecule has 1 heterocycles. The van der Waals surface area contributed by atoms with Gasteiger partial charge in [0.05, 0.1) is 37.7 Å². The summed E-state index contributed by atoms with van der Waals surface area (Å²) >= 11 is 0. The summed E-state index contributed by atoms with van der Waals surface area (Å²) < 4.78 is 17.5. The number of carbonyl (C=O) groups is 1. The third-order valence-electron chi connectivity index (χ3n) is 6.96. The van der Waals surface area contributed by atoms with E-state index in [2.05, 4.69) is 29.7 Å². The highest BCUT2D eigenvalue weighted by molar-refractivity contribution is 6.01. The number of anilines is 2. The summed E-state index contributed by atoms with van der Waals surface area (Å²) in [5, 5.41) is 7.27. The second-order valence-electron chi connectivity index (χ2n) is 9.40. The van der Waals surface area contributed by atoms with Crippen LogP contribution in [0.4, 0.5) is 11.4 Å². The second-order valence-corrected chi connectivity index (χ2v) is 9.40. The van der Waals surface area contributed by atoms with Crippen LogP contribution in [0.2, 0.25) is 0 Å². The molecule has 3 aromatic carbocycles. The highest BCUT2D eigenvalue weighted by Crippen LogP contribution is 2.47. The number of ketones is 1. The van der Waals surface area contributed by atoms with E-state index >= 15 is 0 Å². The third kappa shape index (κ3) is 5.01. The Hall–Kier alpha value is -3.93. The Bertz CT molecular complexity index is 1300. The van der Waals surface area contributed by atoms with E-state index in [0.29, 0.717) is 31.1 Å². The number of benzene rings is 3. The Kier molecular flexibility index (Phi) is 7.35. The maximum Gasteiger partial charge on any atom is 0.166 e. The zero-order valence-electron chi connectivity index (χ0n) is 21.7. The van der Waals surface area contributed by atoms with Gasteiger partial charge >= 0.3 is 0 Å². The molecule has 0 fully saturated rings. The van der Waals surface area contributed by atoms with Gasteiger partial charge in [-0.2, -0.15) is 0 Å². The molecule has 2 N–H and O–H groups in total. The minimum atomic E-state index is -0.373. The number of para-hydroxylation sites is 3. The van der Waals surface area contributed by atoms with Gasteiger partial charge in [0, 0.05) is 23.3 Å². The predicted octanol–water partition coefficient (Wildman–Crippen LogP) is 6.86.